The third-order valence-electron chi connectivity index (χ3n) is 4.50. The quantitative estimate of drug-likeness (QED) is 0.449. The Morgan fingerprint density at radius 2 is 2.00 bits per heavy atom. The summed E-state index contributed by atoms with van der Waals surface area (Å²) < 4.78 is 5.54. The van der Waals surface area contributed by atoms with E-state index in [9.17, 15) is 4.79 Å². The van der Waals surface area contributed by atoms with E-state index >= 15 is 0 Å². The van der Waals surface area contributed by atoms with Crippen molar-refractivity contribution < 1.29 is 9.53 Å². The molecule has 150 valence electrons. The minimum absolute atomic E-state index is 0.0322. The molecular weight excluding hydrogens is 342 g/mol. The van der Waals surface area contributed by atoms with Crippen molar-refractivity contribution in [2.45, 2.75) is 32.7 Å². The number of carbonyl (C=O) groups excluding carboxylic acids is 1. The van der Waals surface area contributed by atoms with E-state index in [0.717, 1.165) is 24.6 Å². The largest absolute Gasteiger partial charge is 0.484 e. The molecule has 7 nitrogen and oxygen atoms in total. The number of ether oxygens (including phenoxy) is 1. The van der Waals surface area contributed by atoms with Gasteiger partial charge in [0.05, 0.1) is 0 Å². The second kappa shape index (κ2) is 12.2. The van der Waals surface area contributed by atoms with Gasteiger partial charge in [0.15, 0.2) is 12.6 Å². The first-order valence-corrected chi connectivity index (χ1v) is 9.86. The molecule has 0 aliphatic carbocycles. The number of rotatable bonds is 9. The lowest BCUT2D eigenvalue weighted by Gasteiger charge is -2.26. The highest BCUT2D eigenvalue weighted by Gasteiger charge is 2.09. The lowest BCUT2D eigenvalue weighted by atomic mass is 10.1. The van der Waals surface area contributed by atoms with Crippen molar-refractivity contribution in [3.8, 4) is 5.75 Å². The van der Waals surface area contributed by atoms with Crippen molar-refractivity contribution in [3.05, 3.63) is 29.8 Å². The van der Waals surface area contributed by atoms with Gasteiger partial charge < -0.3 is 25.6 Å². The number of nitrogens with one attached hydrogen (secondary N) is 3. The molecule has 1 aliphatic rings. The zero-order chi connectivity index (χ0) is 19.3. The van der Waals surface area contributed by atoms with Crippen LogP contribution in [0.2, 0.25) is 0 Å². The van der Waals surface area contributed by atoms with Gasteiger partial charge in [-0.25, -0.2) is 0 Å². The molecule has 7 heteroatoms. The summed E-state index contributed by atoms with van der Waals surface area (Å²) in [5.74, 6) is 1.37. The van der Waals surface area contributed by atoms with Crippen LogP contribution in [0.15, 0.2) is 29.3 Å². The van der Waals surface area contributed by atoms with Gasteiger partial charge in [0.2, 0.25) is 0 Å². The Kier molecular flexibility index (Phi) is 9.48. The van der Waals surface area contributed by atoms with E-state index < -0.39 is 0 Å². The van der Waals surface area contributed by atoms with Crippen molar-refractivity contribution in [1.29, 1.82) is 0 Å². The zero-order valence-corrected chi connectivity index (χ0v) is 16.6. The van der Waals surface area contributed by atoms with Crippen molar-refractivity contribution >= 4 is 11.9 Å². The molecule has 0 radical (unpaired) electrons. The van der Waals surface area contributed by atoms with Gasteiger partial charge in [-0.15, -0.1) is 0 Å². The van der Waals surface area contributed by atoms with Crippen LogP contribution in [0.25, 0.3) is 0 Å². The number of amides is 1. The SMILES string of the molecule is CCNC(=O)COc1cccc(CNC(=NC)NCCN2CCCCC2)c1. The standard InChI is InChI=1S/C20H33N5O2/c1-3-22-19(26)16-27-18-9-7-8-17(14-18)15-24-20(21-2)23-10-13-25-11-5-4-6-12-25/h7-9,14H,3-6,10-13,15-16H2,1-2H3,(H,22,26)(H2,21,23,24). The number of hydrogen-bond acceptors (Lipinski definition) is 4. The Labute approximate surface area is 162 Å². The van der Waals surface area contributed by atoms with Crippen molar-refractivity contribution in [1.82, 2.24) is 20.9 Å². The van der Waals surface area contributed by atoms with Gasteiger partial charge in [0.1, 0.15) is 5.75 Å². The monoisotopic (exact) mass is 375 g/mol. The highest BCUT2D eigenvalue weighted by molar-refractivity contribution is 5.79. The molecule has 1 amide bonds. The number of guanidine groups is 1. The number of benzene rings is 1. The third-order valence-corrected chi connectivity index (χ3v) is 4.50. The highest BCUT2D eigenvalue weighted by Crippen LogP contribution is 2.13. The minimum atomic E-state index is -0.112. The number of likely N-dealkylation sites (N-methyl/N-ethyl adjacent to an activating group) is 1. The number of nitrogens with zero attached hydrogens (tertiary/aromatic N) is 2. The molecule has 0 saturated carbocycles. The summed E-state index contributed by atoms with van der Waals surface area (Å²) in [6.07, 6.45) is 3.98. The average molecular weight is 376 g/mol. The first-order valence-electron chi connectivity index (χ1n) is 9.86. The lowest BCUT2D eigenvalue weighted by molar-refractivity contribution is -0.122. The lowest BCUT2D eigenvalue weighted by Crippen LogP contribution is -2.42. The van der Waals surface area contributed by atoms with E-state index in [-0.39, 0.29) is 12.5 Å². The van der Waals surface area contributed by atoms with Crippen LogP contribution in [0, 0.1) is 0 Å². The van der Waals surface area contributed by atoms with Crippen LogP contribution in [0.5, 0.6) is 5.75 Å². The molecule has 0 atom stereocenters. The van der Waals surface area contributed by atoms with Gasteiger partial charge in [0, 0.05) is 33.2 Å². The van der Waals surface area contributed by atoms with Crippen molar-refractivity contribution in [2.75, 3.05) is 46.4 Å². The van der Waals surface area contributed by atoms with Gasteiger partial charge in [-0.1, -0.05) is 18.6 Å². The molecule has 1 fully saturated rings. The Bertz CT molecular complexity index is 600. The second-order valence-corrected chi connectivity index (χ2v) is 6.64. The van der Waals surface area contributed by atoms with E-state index in [1.807, 2.05) is 31.2 Å². The van der Waals surface area contributed by atoms with Gasteiger partial charge in [0.25, 0.3) is 5.91 Å². The fourth-order valence-corrected chi connectivity index (χ4v) is 3.06. The third kappa shape index (κ3) is 8.30. The number of aliphatic imine (C=N–C) groups is 1. The van der Waals surface area contributed by atoms with Crippen molar-refractivity contribution in [2.24, 2.45) is 4.99 Å². The number of carbonyl (C=O) groups is 1. The molecule has 1 saturated heterocycles. The molecule has 1 aromatic carbocycles. The maximum atomic E-state index is 11.5. The summed E-state index contributed by atoms with van der Waals surface area (Å²) in [6, 6.07) is 7.74. The Morgan fingerprint density at radius 1 is 1.19 bits per heavy atom. The van der Waals surface area contributed by atoms with Crippen LogP contribution in [-0.2, 0) is 11.3 Å². The molecule has 1 heterocycles. The van der Waals surface area contributed by atoms with Gasteiger partial charge in [-0.05, 0) is 50.6 Å². The van der Waals surface area contributed by atoms with Gasteiger partial charge in [-0.2, -0.15) is 0 Å². The van der Waals surface area contributed by atoms with Gasteiger partial charge in [-0.3, -0.25) is 9.79 Å². The van der Waals surface area contributed by atoms with Crippen LogP contribution >= 0.6 is 0 Å². The van der Waals surface area contributed by atoms with Crippen molar-refractivity contribution in [3.63, 3.8) is 0 Å². The van der Waals surface area contributed by atoms with E-state index in [1.54, 1.807) is 7.05 Å². The molecule has 0 unspecified atom stereocenters. The van der Waals surface area contributed by atoms with Gasteiger partial charge >= 0.3 is 0 Å². The Balaban J connectivity index is 1.71. The normalized spacial score (nSPS) is 15.3. The van der Waals surface area contributed by atoms with Crippen LogP contribution < -0.4 is 20.7 Å². The molecule has 0 spiro atoms. The van der Waals surface area contributed by atoms with E-state index in [0.29, 0.717) is 18.8 Å². The Hall–Kier alpha value is -2.28. The summed E-state index contributed by atoms with van der Waals surface area (Å²) in [5, 5.41) is 9.41. The molecular formula is C20H33N5O2. The molecule has 3 N–H and O–H groups in total. The minimum Gasteiger partial charge on any atom is -0.484 e. The van der Waals surface area contributed by atoms with E-state index in [2.05, 4.69) is 25.8 Å². The van der Waals surface area contributed by atoms with Crippen LogP contribution in [0.4, 0.5) is 0 Å². The Morgan fingerprint density at radius 3 is 2.74 bits per heavy atom. The predicted molar refractivity (Wildman–Crippen MR) is 109 cm³/mol. The fraction of sp³-hybridized carbons (Fsp3) is 0.600. The molecule has 2 rings (SSSR count). The van der Waals surface area contributed by atoms with Crippen LogP contribution in [-0.4, -0.2) is 63.1 Å². The summed E-state index contributed by atoms with van der Waals surface area (Å²) in [5.41, 5.74) is 1.07. The van der Waals surface area contributed by atoms with Crippen LogP contribution in [0.1, 0.15) is 31.7 Å². The zero-order valence-electron chi connectivity index (χ0n) is 16.6. The summed E-state index contributed by atoms with van der Waals surface area (Å²) >= 11 is 0. The highest BCUT2D eigenvalue weighted by atomic mass is 16.5. The molecule has 1 aliphatic heterocycles. The van der Waals surface area contributed by atoms with E-state index in [4.69, 9.17) is 4.74 Å². The first kappa shape index (κ1) is 21.0. The molecule has 27 heavy (non-hydrogen) atoms. The number of hydrogen-bond donors (Lipinski definition) is 3. The van der Waals surface area contributed by atoms with E-state index in [1.165, 1.54) is 32.4 Å². The summed E-state index contributed by atoms with van der Waals surface area (Å²) in [7, 11) is 1.78. The number of piperidine rings is 1. The second-order valence-electron chi connectivity index (χ2n) is 6.64. The molecule has 1 aromatic rings. The predicted octanol–water partition coefficient (Wildman–Crippen LogP) is 1.35. The maximum Gasteiger partial charge on any atom is 0.257 e. The average Bonchev–Trinajstić information content (AvgIpc) is 2.70. The summed E-state index contributed by atoms with van der Waals surface area (Å²) in [6.45, 7) is 7.51. The fourth-order valence-electron chi connectivity index (χ4n) is 3.06. The first-order chi connectivity index (χ1) is 13.2. The number of likely N-dealkylation sites (tertiary alicyclic amines) is 1. The molecule has 0 bridgehead atoms. The smallest absolute Gasteiger partial charge is 0.257 e. The topological polar surface area (TPSA) is 78.0 Å². The summed E-state index contributed by atoms with van der Waals surface area (Å²) in [4.78, 5) is 18.3. The maximum absolute atomic E-state index is 11.5. The molecule has 0 aromatic heterocycles. The van der Waals surface area contributed by atoms with Crippen LogP contribution in [0.3, 0.4) is 0 Å².